The summed E-state index contributed by atoms with van der Waals surface area (Å²) in [5.74, 6) is 0.805. The molecule has 0 aliphatic carbocycles. The largest absolute Gasteiger partial charge is 0.500 e. The molecule has 0 saturated heterocycles. The summed E-state index contributed by atoms with van der Waals surface area (Å²) in [6, 6.07) is 0.953. The third kappa shape index (κ3) is 11.6. The Morgan fingerprint density at radius 1 is 0.619 bits per heavy atom. The van der Waals surface area contributed by atoms with Gasteiger partial charge in [0.05, 0.1) is 0 Å². The van der Waals surface area contributed by atoms with Crippen molar-refractivity contribution in [2.45, 2.75) is 78.2 Å². The second-order valence-corrected chi connectivity index (χ2v) is 8.36. The van der Waals surface area contributed by atoms with Gasteiger partial charge in [-0.2, -0.15) is 0 Å². The molecule has 0 aliphatic heterocycles. The summed E-state index contributed by atoms with van der Waals surface area (Å²) >= 11 is 5.67. The number of rotatable bonds is 16. The van der Waals surface area contributed by atoms with E-state index in [1.165, 1.54) is 38.5 Å². The highest BCUT2D eigenvalue weighted by Gasteiger charge is 2.39. The molecule has 0 N–H and O–H groups in total. The Kier molecular flexibility index (Phi) is 15.6. The lowest BCUT2D eigenvalue weighted by atomic mass is 10.1. The molecule has 0 radical (unpaired) electrons. The Hall–Kier alpha value is 0.387. The molecule has 0 heterocycles. The highest BCUT2D eigenvalue weighted by Crippen LogP contribution is 2.20. The first-order valence-electron chi connectivity index (χ1n) is 8.72. The highest BCUT2D eigenvalue weighted by molar-refractivity contribution is 6.60. The molecule has 0 amide bonds. The first kappa shape index (κ1) is 21.4. The van der Waals surface area contributed by atoms with Gasteiger partial charge in [-0.1, -0.05) is 38.5 Å². The minimum atomic E-state index is -2.40. The maximum absolute atomic E-state index is 5.86. The van der Waals surface area contributed by atoms with Gasteiger partial charge in [-0.15, -0.1) is 11.6 Å². The number of alkyl halides is 1. The van der Waals surface area contributed by atoms with Crippen molar-refractivity contribution in [3.05, 3.63) is 0 Å². The van der Waals surface area contributed by atoms with Gasteiger partial charge in [0, 0.05) is 31.7 Å². The second-order valence-electron chi connectivity index (χ2n) is 5.25. The Morgan fingerprint density at radius 3 is 1.38 bits per heavy atom. The fourth-order valence-electron chi connectivity index (χ4n) is 2.50. The van der Waals surface area contributed by atoms with E-state index in [4.69, 9.17) is 24.9 Å². The van der Waals surface area contributed by atoms with Crippen molar-refractivity contribution in [1.82, 2.24) is 0 Å². The third-order valence-electron chi connectivity index (χ3n) is 3.46. The third-order valence-corrected chi connectivity index (χ3v) is 6.88. The lowest BCUT2D eigenvalue weighted by Crippen LogP contribution is -2.45. The molecule has 0 bridgehead atoms. The van der Waals surface area contributed by atoms with E-state index in [-0.39, 0.29) is 0 Å². The fraction of sp³-hybridized carbons (Fsp3) is 1.00. The van der Waals surface area contributed by atoms with Crippen LogP contribution in [0.15, 0.2) is 0 Å². The summed E-state index contributed by atoms with van der Waals surface area (Å²) in [5.41, 5.74) is 0. The molecular weight excluding hydrogens is 304 g/mol. The van der Waals surface area contributed by atoms with Gasteiger partial charge in [-0.05, 0) is 33.6 Å². The molecular formula is C16H35ClO3Si. The van der Waals surface area contributed by atoms with Gasteiger partial charge in [0.1, 0.15) is 0 Å². The van der Waals surface area contributed by atoms with E-state index in [1.54, 1.807) is 0 Å². The van der Waals surface area contributed by atoms with E-state index >= 15 is 0 Å². The van der Waals surface area contributed by atoms with Crippen molar-refractivity contribution in [2.24, 2.45) is 0 Å². The van der Waals surface area contributed by atoms with Gasteiger partial charge in [0.25, 0.3) is 0 Å². The summed E-state index contributed by atoms with van der Waals surface area (Å²) in [6.45, 7) is 8.06. The van der Waals surface area contributed by atoms with Crippen molar-refractivity contribution in [1.29, 1.82) is 0 Å². The van der Waals surface area contributed by atoms with Crippen LogP contribution in [0.25, 0.3) is 0 Å². The van der Waals surface area contributed by atoms with E-state index in [9.17, 15) is 0 Å². The smallest absolute Gasteiger partial charge is 0.374 e. The lowest BCUT2D eigenvalue weighted by molar-refractivity contribution is 0.0706. The first-order valence-corrected chi connectivity index (χ1v) is 11.2. The van der Waals surface area contributed by atoms with Crippen molar-refractivity contribution in [2.75, 3.05) is 25.7 Å². The summed E-state index contributed by atoms with van der Waals surface area (Å²) in [5, 5.41) is 0. The van der Waals surface area contributed by atoms with Crippen LogP contribution in [-0.4, -0.2) is 34.5 Å². The van der Waals surface area contributed by atoms with Crippen LogP contribution >= 0.6 is 11.6 Å². The molecule has 5 heteroatoms. The molecule has 0 atom stereocenters. The minimum Gasteiger partial charge on any atom is -0.374 e. The van der Waals surface area contributed by atoms with Gasteiger partial charge in [-0.3, -0.25) is 0 Å². The summed E-state index contributed by atoms with van der Waals surface area (Å²) in [4.78, 5) is 0. The van der Waals surface area contributed by atoms with Crippen molar-refractivity contribution in [3.8, 4) is 0 Å². The van der Waals surface area contributed by atoms with Gasteiger partial charge in [0.15, 0.2) is 0 Å². The SMILES string of the molecule is CCO[Si](CCCCCCCCCCCl)(OCC)OCC. The van der Waals surface area contributed by atoms with Crippen LogP contribution in [0.5, 0.6) is 0 Å². The molecule has 0 aromatic carbocycles. The molecule has 3 nitrogen and oxygen atoms in total. The predicted octanol–water partition coefficient (Wildman–Crippen LogP) is 5.39. The normalized spacial score (nSPS) is 12.0. The van der Waals surface area contributed by atoms with Gasteiger partial charge < -0.3 is 13.3 Å². The predicted molar refractivity (Wildman–Crippen MR) is 93.1 cm³/mol. The Bertz CT molecular complexity index is 201. The Labute approximate surface area is 138 Å². The van der Waals surface area contributed by atoms with Crippen LogP contribution in [0.4, 0.5) is 0 Å². The second kappa shape index (κ2) is 15.3. The van der Waals surface area contributed by atoms with Crippen molar-refractivity contribution >= 4 is 20.4 Å². The molecule has 0 rings (SSSR count). The summed E-state index contributed by atoms with van der Waals surface area (Å²) in [6.07, 6.45) is 10.1. The summed E-state index contributed by atoms with van der Waals surface area (Å²) in [7, 11) is -2.40. The lowest BCUT2D eigenvalue weighted by Gasteiger charge is -2.28. The topological polar surface area (TPSA) is 27.7 Å². The molecule has 0 aliphatic rings. The van der Waals surface area contributed by atoms with E-state index in [0.717, 1.165) is 24.8 Å². The Balaban J connectivity index is 3.76. The van der Waals surface area contributed by atoms with Gasteiger partial charge >= 0.3 is 8.80 Å². The monoisotopic (exact) mass is 338 g/mol. The molecule has 128 valence electrons. The average Bonchev–Trinajstić information content (AvgIpc) is 2.46. The van der Waals surface area contributed by atoms with Crippen molar-refractivity contribution < 1.29 is 13.3 Å². The summed E-state index contributed by atoms with van der Waals surface area (Å²) < 4.78 is 17.6. The maximum Gasteiger partial charge on any atom is 0.500 e. The van der Waals surface area contributed by atoms with Crippen LogP contribution < -0.4 is 0 Å². The van der Waals surface area contributed by atoms with Crippen LogP contribution in [0, 0.1) is 0 Å². The molecule has 0 saturated carbocycles. The molecule has 21 heavy (non-hydrogen) atoms. The average molecular weight is 339 g/mol. The van der Waals surface area contributed by atoms with E-state index in [0.29, 0.717) is 19.8 Å². The molecule has 0 aromatic rings. The molecule has 0 fully saturated rings. The number of hydrogen-bond donors (Lipinski definition) is 0. The van der Waals surface area contributed by atoms with E-state index < -0.39 is 8.80 Å². The zero-order valence-electron chi connectivity index (χ0n) is 14.3. The van der Waals surface area contributed by atoms with Gasteiger partial charge in [0.2, 0.25) is 0 Å². The molecule has 0 unspecified atom stereocenters. The quantitative estimate of drug-likeness (QED) is 0.214. The minimum absolute atomic E-state index is 0.673. The van der Waals surface area contributed by atoms with Crippen LogP contribution in [0.3, 0.4) is 0 Å². The van der Waals surface area contributed by atoms with E-state index in [2.05, 4.69) is 0 Å². The van der Waals surface area contributed by atoms with Crippen molar-refractivity contribution in [3.63, 3.8) is 0 Å². The Morgan fingerprint density at radius 2 is 1.00 bits per heavy atom. The molecule has 0 aromatic heterocycles. The zero-order valence-corrected chi connectivity index (χ0v) is 16.1. The van der Waals surface area contributed by atoms with Crippen LogP contribution in [0.2, 0.25) is 6.04 Å². The standard InChI is InChI=1S/C16H35ClO3Si/c1-4-18-21(19-5-2,20-6-3)16-14-12-10-8-7-9-11-13-15-17/h4-16H2,1-3H3. The highest BCUT2D eigenvalue weighted by atomic mass is 35.5. The maximum atomic E-state index is 5.86. The van der Waals surface area contributed by atoms with Crippen LogP contribution in [-0.2, 0) is 13.3 Å². The van der Waals surface area contributed by atoms with Crippen LogP contribution in [0.1, 0.15) is 72.1 Å². The van der Waals surface area contributed by atoms with E-state index in [1.807, 2.05) is 20.8 Å². The number of unbranched alkanes of at least 4 members (excludes halogenated alkanes) is 7. The number of halogens is 1. The van der Waals surface area contributed by atoms with Gasteiger partial charge in [-0.25, -0.2) is 0 Å². The molecule has 0 spiro atoms. The first-order chi connectivity index (χ1) is 10.2. The number of hydrogen-bond acceptors (Lipinski definition) is 3. The zero-order chi connectivity index (χ0) is 15.8. The fourth-order valence-corrected chi connectivity index (χ4v) is 5.37.